The maximum Gasteiger partial charge on any atom is 0.306 e. The zero-order valence-corrected chi connectivity index (χ0v) is 72.4. The molecule has 0 aliphatic rings. The van der Waals surface area contributed by atoms with Crippen molar-refractivity contribution < 1.29 is 42.1 Å². The molecule has 2 atom stereocenters. The fourth-order valence-corrected chi connectivity index (χ4v) is 16.1. The summed E-state index contributed by atoms with van der Waals surface area (Å²) in [5.41, 5.74) is 0. The molecule has 0 aliphatic carbocycles. The molecule has 0 saturated carbocycles. The predicted molar refractivity (Wildman–Crippen MR) is 453 cm³/mol. The third-order valence-corrected chi connectivity index (χ3v) is 23.6. The van der Waals surface area contributed by atoms with Crippen LogP contribution in [-0.2, 0) is 32.7 Å². The van der Waals surface area contributed by atoms with Gasteiger partial charge in [-0.05, 0) is 12.8 Å². The number of esters is 2. The Hall–Kier alpha value is -0.990. The second kappa shape index (κ2) is 86.0. The number of unbranched alkanes of at least 4 members (excludes halogenated alkanes) is 78. The van der Waals surface area contributed by atoms with Gasteiger partial charge in [-0.3, -0.25) is 14.2 Å². The Bertz CT molecular complexity index is 1710. The maximum atomic E-state index is 12.9. The van der Waals surface area contributed by atoms with Gasteiger partial charge in [0.05, 0.1) is 27.7 Å². The minimum absolute atomic E-state index is 0.0245. The number of rotatable bonds is 92. The Morgan fingerprint density at radius 2 is 0.433 bits per heavy atom. The van der Waals surface area contributed by atoms with Gasteiger partial charge in [0.2, 0.25) is 0 Å². The third-order valence-electron chi connectivity index (χ3n) is 22.6. The Morgan fingerprint density at radius 1 is 0.260 bits per heavy atom. The summed E-state index contributed by atoms with van der Waals surface area (Å²) in [4.78, 5) is 38.3. The topological polar surface area (TPSA) is 111 Å². The van der Waals surface area contributed by atoms with Crippen molar-refractivity contribution in [3.63, 3.8) is 0 Å². The average Bonchev–Trinajstić information content (AvgIpc) is 0.926. The average molecular weight is 1490 g/mol. The van der Waals surface area contributed by atoms with E-state index in [2.05, 4.69) is 13.8 Å². The monoisotopic (exact) mass is 1490 g/mol. The SMILES string of the molecule is CCCCCCCCCCCCCCCCCCCCCCCCCCCCCCCCCCCCCCCCCCC(=O)OCC(COP(=O)([O-])OCC[N+](C)(C)C)OC(=O)CCCCCCCCCCCCCCCCCCCCCCCCCCCCCCCCCCCCCCCCCC. The molecule has 0 aromatic rings. The Kier molecular flexibility index (Phi) is 85.2. The van der Waals surface area contributed by atoms with Crippen molar-refractivity contribution >= 4 is 19.8 Å². The van der Waals surface area contributed by atoms with Gasteiger partial charge in [-0.1, -0.05) is 515 Å². The number of likely N-dealkylation sites (N-methyl/N-ethyl adjacent to an activating group) is 1. The number of hydrogen-bond acceptors (Lipinski definition) is 8. The van der Waals surface area contributed by atoms with Crippen molar-refractivity contribution in [3.8, 4) is 0 Å². The highest BCUT2D eigenvalue weighted by Crippen LogP contribution is 2.38. The summed E-state index contributed by atoms with van der Waals surface area (Å²) in [7, 11) is 1.20. The van der Waals surface area contributed by atoms with Crippen molar-refractivity contribution in [3.05, 3.63) is 0 Å². The lowest BCUT2D eigenvalue weighted by atomic mass is 10.0. The number of hydrogen-bond donors (Lipinski definition) is 0. The molecule has 0 heterocycles. The van der Waals surface area contributed by atoms with Gasteiger partial charge in [0.1, 0.15) is 19.8 Å². The summed E-state index contributed by atoms with van der Waals surface area (Å²) in [5, 5.41) is 0. The second-order valence-corrected chi connectivity index (χ2v) is 35.9. The van der Waals surface area contributed by atoms with Crippen LogP contribution in [0.25, 0.3) is 0 Å². The quantitative estimate of drug-likeness (QED) is 0.0256. The molecule has 104 heavy (non-hydrogen) atoms. The molecule has 0 aromatic carbocycles. The van der Waals surface area contributed by atoms with Crippen LogP contribution in [-0.4, -0.2) is 70.0 Å². The number of ether oxygens (including phenoxy) is 2. The van der Waals surface area contributed by atoms with Gasteiger partial charge < -0.3 is 27.9 Å². The van der Waals surface area contributed by atoms with E-state index in [4.69, 9.17) is 18.5 Å². The van der Waals surface area contributed by atoms with Crippen molar-refractivity contribution in [1.82, 2.24) is 0 Å². The van der Waals surface area contributed by atoms with E-state index in [1.807, 2.05) is 21.1 Å². The van der Waals surface area contributed by atoms with Crippen molar-refractivity contribution in [2.45, 2.75) is 546 Å². The number of nitrogens with zero attached hydrogens (tertiary/aromatic N) is 1. The van der Waals surface area contributed by atoms with E-state index in [-0.39, 0.29) is 32.0 Å². The molecule has 0 fully saturated rings. The second-order valence-electron chi connectivity index (χ2n) is 34.5. The van der Waals surface area contributed by atoms with Gasteiger partial charge in [-0.25, -0.2) is 0 Å². The molecule has 0 spiro atoms. The van der Waals surface area contributed by atoms with Gasteiger partial charge in [0.15, 0.2) is 6.10 Å². The van der Waals surface area contributed by atoms with E-state index >= 15 is 0 Å². The first-order valence-corrected chi connectivity index (χ1v) is 49.2. The number of phosphoric acid groups is 1. The zero-order valence-electron chi connectivity index (χ0n) is 71.5. The van der Waals surface area contributed by atoms with Gasteiger partial charge in [0, 0.05) is 12.8 Å². The molecule has 0 saturated heterocycles. The lowest BCUT2D eigenvalue weighted by Crippen LogP contribution is -2.37. The predicted octanol–water partition coefficient (Wildman–Crippen LogP) is 31.7. The molecule has 0 aromatic heterocycles. The molecule has 2 unspecified atom stereocenters. The van der Waals surface area contributed by atoms with Crippen molar-refractivity contribution in [2.75, 3.05) is 47.5 Å². The number of phosphoric ester groups is 1. The fraction of sp³-hybridized carbons (Fsp3) is 0.979. The first kappa shape index (κ1) is 103. The van der Waals surface area contributed by atoms with Crippen molar-refractivity contribution in [1.29, 1.82) is 0 Å². The summed E-state index contributed by atoms with van der Waals surface area (Å²) in [6.07, 6.45) is 110. The van der Waals surface area contributed by atoms with E-state index in [1.54, 1.807) is 0 Å². The molecule has 9 nitrogen and oxygen atoms in total. The van der Waals surface area contributed by atoms with Crippen LogP contribution in [0.4, 0.5) is 0 Å². The lowest BCUT2D eigenvalue weighted by Gasteiger charge is -2.28. The molecule has 0 amide bonds. The first-order chi connectivity index (χ1) is 51.0. The molecule has 0 rings (SSSR count). The standard InChI is InChI=1S/C94H188NO8P/c1-6-8-10-12-14-16-18-20-22-24-26-28-30-32-34-36-38-40-42-44-46-48-50-52-54-56-58-60-62-64-66-68-70-72-74-76-78-80-82-84-86-93(96)100-90-92(91-102-104(98,99)101-89-88-95(3,4)5)103-94(97)87-85-83-81-79-77-75-73-71-69-67-65-63-61-59-57-55-53-51-49-47-45-43-41-39-37-35-33-31-29-27-25-23-21-19-17-15-13-11-9-7-2/h92H,6-91H2,1-5H3. The van der Waals surface area contributed by atoms with E-state index in [9.17, 15) is 19.0 Å². The summed E-state index contributed by atoms with van der Waals surface area (Å²) in [5.74, 6) is -0.797. The van der Waals surface area contributed by atoms with Gasteiger partial charge in [-0.2, -0.15) is 0 Å². The third kappa shape index (κ3) is 89.9. The van der Waals surface area contributed by atoms with Crippen LogP contribution in [0.15, 0.2) is 0 Å². The minimum Gasteiger partial charge on any atom is -0.756 e. The fourth-order valence-electron chi connectivity index (χ4n) is 15.4. The molecule has 0 bridgehead atoms. The summed E-state index contributed by atoms with van der Waals surface area (Å²) in [6, 6.07) is 0. The van der Waals surface area contributed by atoms with Crippen LogP contribution in [0, 0.1) is 0 Å². The Labute approximate surface area is 652 Å². The molecule has 0 N–H and O–H groups in total. The minimum atomic E-state index is -4.64. The summed E-state index contributed by atoms with van der Waals surface area (Å²) in [6.45, 7) is 4.36. The highest BCUT2D eigenvalue weighted by atomic mass is 31.2. The summed E-state index contributed by atoms with van der Waals surface area (Å²) >= 11 is 0. The first-order valence-electron chi connectivity index (χ1n) is 47.7. The maximum absolute atomic E-state index is 12.9. The smallest absolute Gasteiger partial charge is 0.306 e. The lowest BCUT2D eigenvalue weighted by molar-refractivity contribution is -0.870. The molecule has 0 aliphatic heterocycles. The molecular weight excluding hydrogens is 1300 g/mol. The highest BCUT2D eigenvalue weighted by molar-refractivity contribution is 7.45. The number of quaternary nitrogens is 1. The van der Waals surface area contributed by atoms with Crippen LogP contribution >= 0.6 is 7.82 Å². The molecule has 10 heteroatoms. The van der Waals surface area contributed by atoms with Crippen LogP contribution in [0.3, 0.4) is 0 Å². The van der Waals surface area contributed by atoms with E-state index in [1.165, 1.54) is 475 Å². The van der Waals surface area contributed by atoms with Crippen LogP contribution in [0.5, 0.6) is 0 Å². The summed E-state index contributed by atoms with van der Waals surface area (Å²) < 4.78 is 34.5. The normalized spacial score (nSPS) is 12.8. The Morgan fingerprint density at radius 3 is 0.615 bits per heavy atom. The van der Waals surface area contributed by atoms with Gasteiger partial charge in [-0.15, -0.1) is 0 Å². The van der Waals surface area contributed by atoms with Crippen molar-refractivity contribution in [2.24, 2.45) is 0 Å². The van der Waals surface area contributed by atoms with Crippen LogP contribution in [0.1, 0.15) is 540 Å². The van der Waals surface area contributed by atoms with Gasteiger partial charge >= 0.3 is 11.9 Å². The van der Waals surface area contributed by atoms with E-state index < -0.39 is 26.5 Å². The van der Waals surface area contributed by atoms with Gasteiger partial charge in [0.25, 0.3) is 7.82 Å². The zero-order chi connectivity index (χ0) is 75.4. The molecule has 0 radical (unpaired) electrons. The van der Waals surface area contributed by atoms with E-state index in [0.29, 0.717) is 17.4 Å². The largest absolute Gasteiger partial charge is 0.756 e. The van der Waals surface area contributed by atoms with Crippen LogP contribution < -0.4 is 4.89 Å². The van der Waals surface area contributed by atoms with Crippen LogP contribution in [0.2, 0.25) is 0 Å². The molecule has 622 valence electrons. The molecular formula is C94H188NO8P. The number of carbonyl (C=O) groups excluding carboxylic acids is 2. The Balaban J connectivity index is 3.78. The number of carbonyl (C=O) groups is 2. The highest BCUT2D eigenvalue weighted by Gasteiger charge is 2.22. The van der Waals surface area contributed by atoms with E-state index in [0.717, 1.165) is 32.1 Å².